The minimum atomic E-state index is -0.0986. The van der Waals surface area contributed by atoms with Crippen LogP contribution in [0.4, 0.5) is 0 Å². The Morgan fingerprint density at radius 1 is 0.357 bits per heavy atom. The summed E-state index contributed by atoms with van der Waals surface area (Å²) >= 11 is 0. The first kappa shape index (κ1) is 40.2. The molecule has 0 spiro atoms. The van der Waals surface area contributed by atoms with Gasteiger partial charge < -0.3 is 4.57 Å². The Labute approximate surface area is 407 Å². The third-order valence-corrected chi connectivity index (χ3v) is 15.0. The maximum Gasteiger partial charge on any atom is 0.160 e. The highest BCUT2D eigenvalue weighted by molar-refractivity contribution is 6.22. The van der Waals surface area contributed by atoms with E-state index in [-0.39, 0.29) is 5.41 Å². The van der Waals surface area contributed by atoms with Crippen molar-refractivity contribution in [1.82, 2.24) is 14.5 Å². The van der Waals surface area contributed by atoms with E-state index in [4.69, 9.17) is 9.97 Å². The summed E-state index contributed by atoms with van der Waals surface area (Å²) in [5, 5.41) is 5.13. The lowest BCUT2D eigenvalue weighted by atomic mass is 9.78. The second kappa shape index (κ2) is 15.6. The van der Waals surface area contributed by atoms with Gasteiger partial charge in [-0.25, -0.2) is 9.97 Å². The van der Waals surface area contributed by atoms with Crippen molar-refractivity contribution in [3.8, 4) is 73.0 Å². The maximum atomic E-state index is 5.31. The minimum Gasteiger partial charge on any atom is -0.309 e. The first-order chi connectivity index (χ1) is 34.4. The Hall–Kier alpha value is -8.92. The average molecular weight is 892 g/mol. The van der Waals surface area contributed by atoms with Crippen LogP contribution in [0, 0.1) is 0 Å². The second-order valence-electron chi connectivity index (χ2n) is 19.3. The molecule has 0 aliphatic heterocycles. The standard InChI is InChI=1S/C67H45N3/c1-67(2)58-36-34-49(40-57(58)64-54-23-12-18-48-19-13-24-55(63(48)54)65(64)67)50-35-37-62-56(39-50)53-22-9-10-25-61(53)70(62)52-21-11-20-51(38-52)66-68-59(46-30-26-44(27-31-46)42-14-5-3-6-15-42)41-60(69-66)47-32-28-45(29-33-47)43-16-7-4-8-17-43/h3-41H,1-2H3. The third-order valence-electron chi connectivity index (χ3n) is 15.0. The lowest BCUT2D eigenvalue weighted by Gasteiger charge is -2.25. The summed E-state index contributed by atoms with van der Waals surface area (Å²) in [7, 11) is 0. The van der Waals surface area contributed by atoms with Crippen molar-refractivity contribution < 1.29 is 0 Å². The lowest BCUT2D eigenvalue weighted by molar-refractivity contribution is 0.705. The van der Waals surface area contributed by atoms with E-state index >= 15 is 0 Å². The molecule has 12 aromatic rings. The number of hydrogen-bond acceptors (Lipinski definition) is 2. The van der Waals surface area contributed by atoms with Gasteiger partial charge in [-0.2, -0.15) is 0 Å². The predicted octanol–water partition coefficient (Wildman–Crippen LogP) is 17.3. The number of benzene rings is 10. The van der Waals surface area contributed by atoms with Crippen LogP contribution in [-0.4, -0.2) is 14.5 Å². The van der Waals surface area contributed by atoms with Gasteiger partial charge in [-0.3, -0.25) is 0 Å². The molecule has 14 rings (SSSR count). The van der Waals surface area contributed by atoms with Gasteiger partial charge in [0.2, 0.25) is 0 Å². The smallest absolute Gasteiger partial charge is 0.160 e. The zero-order valence-corrected chi connectivity index (χ0v) is 38.9. The van der Waals surface area contributed by atoms with Gasteiger partial charge in [0.15, 0.2) is 5.82 Å². The molecular weight excluding hydrogens is 847 g/mol. The molecule has 0 fully saturated rings. The van der Waals surface area contributed by atoms with Crippen LogP contribution in [0.3, 0.4) is 0 Å². The molecule has 0 N–H and O–H groups in total. The van der Waals surface area contributed by atoms with E-state index in [2.05, 4.69) is 255 Å². The summed E-state index contributed by atoms with van der Waals surface area (Å²) in [6, 6.07) is 85.8. The highest BCUT2D eigenvalue weighted by Gasteiger charge is 2.43. The van der Waals surface area contributed by atoms with Crippen LogP contribution in [0.5, 0.6) is 0 Å². The molecule has 2 aromatic heterocycles. The monoisotopic (exact) mass is 891 g/mol. The molecule has 0 saturated heterocycles. The molecule has 70 heavy (non-hydrogen) atoms. The van der Waals surface area contributed by atoms with Crippen LogP contribution >= 0.6 is 0 Å². The Morgan fingerprint density at radius 2 is 0.886 bits per heavy atom. The maximum absolute atomic E-state index is 5.31. The summed E-state index contributed by atoms with van der Waals surface area (Å²) in [5.41, 5.74) is 23.5. The quantitative estimate of drug-likeness (QED) is 0.160. The molecule has 0 bridgehead atoms. The topological polar surface area (TPSA) is 30.7 Å². The van der Waals surface area contributed by atoms with Gasteiger partial charge in [0.05, 0.1) is 22.4 Å². The van der Waals surface area contributed by atoms with Crippen LogP contribution in [0.25, 0.3) is 117 Å². The molecule has 3 nitrogen and oxygen atoms in total. The molecular formula is C67H45N3. The van der Waals surface area contributed by atoms with Crippen molar-refractivity contribution in [2.24, 2.45) is 0 Å². The van der Waals surface area contributed by atoms with Gasteiger partial charge in [0.25, 0.3) is 0 Å². The van der Waals surface area contributed by atoms with E-state index in [1.165, 1.54) is 88.3 Å². The molecule has 0 amide bonds. The van der Waals surface area contributed by atoms with Crippen LogP contribution < -0.4 is 0 Å². The van der Waals surface area contributed by atoms with E-state index in [1.54, 1.807) is 0 Å². The van der Waals surface area contributed by atoms with Crippen molar-refractivity contribution in [3.05, 3.63) is 259 Å². The molecule has 328 valence electrons. The van der Waals surface area contributed by atoms with E-state index in [9.17, 15) is 0 Å². The van der Waals surface area contributed by atoms with Gasteiger partial charge in [-0.05, 0) is 120 Å². The summed E-state index contributed by atoms with van der Waals surface area (Å²) < 4.78 is 2.39. The molecule has 0 saturated carbocycles. The highest BCUT2D eigenvalue weighted by atomic mass is 15.0. The molecule has 2 aliphatic carbocycles. The number of hydrogen-bond donors (Lipinski definition) is 0. The van der Waals surface area contributed by atoms with Crippen LogP contribution in [0.15, 0.2) is 237 Å². The van der Waals surface area contributed by atoms with Crippen molar-refractivity contribution in [2.45, 2.75) is 19.3 Å². The van der Waals surface area contributed by atoms with Crippen molar-refractivity contribution in [1.29, 1.82) is 0 Å². The molecule has 10 aromatic carbocycles. The second-order valence-corrected chi connectivity index (χ2v) is 19.3. The third kappa shape index (κ3) is 6.28. The SMILES string of the molecule is CC1(C)C2=C(c3cc(-c4ccc5c(c4)c4ccccc4n5-c4cccc(-c5nc(-c6ccc(-c7ccccc7)cc6)cc(-c6ccc(-c7ccccc7)cc6)n5)c4)ccc31)c1cccc3cccc2c13. The average Bonchev–Trinajstić information content (AvgIpc) is 4.03. The van der Waals surface area contributed by atoms with Crippen LogP contribution in [0.1, 0.15) is 36.1 Å². The first-order valence-electron chi connectivity index (χ1n) is 24.2. The van der Waals surface area contributed by atoms with Crippen molar-refractivity contribution in [2.75, 3.05) is 0 Å². The zero-order valence-electron chi connectivity index (χ0n) is 38.9. The summed E-state index contributed by atoms with van der Waals surface area (Å²) in [6.45, 7) is 4.79. The van der Waals surface area contributed by atoms with E-state index in [0.29, 0.717) is 5.82 Å². The Bertz CT molecular complexity index is 3990. The number of rotatable bonds is 7. The largest absolute Gasteiger partial charge is 0.309 e. The predicted molar refractivity (Wildman–Crippen MR) is 292 cm³/mol. The normalized spacial score (nSPS) is 13.3. The fraction of sp³-hybridized carbons (Fsp3) is 0.0448. The van der Waals surface area contributed by atoms with Gasteiger partial charge >= 0.3 is 0 Å². The van der Waals surface area contributed by atoms with Crippen molar-refractivity contribution >= 4 is 43.7 Å². The number of para-hydroxylation sites is 1. The molecule has 2 aliphatic rings. The van der Waals surface area contributed by atoms with Crippen LogP contribution in [0.2, 0.25) is 0 Å². The van der Waals surface area contributed by atoms with Gasteiger partial charge in [0, 0.05) is 38.6 Å². The number of fused-ring (bicyclic) bond motifs is 7. The molecule has 3 heteroatoms. The van der Waals surface area contributed by atoms with E-state index in [0.717, 1.165) is 44.8 Å². The number of nitrogens with zero attached hydrogens (tertiary/aromatic N) is 3. The Morgan fingerprint density at radius 3 is 1.57 bits per heavy atom. The van der Waals surface area contributed by atoms with E-state index in [1.807, 2.05) is 0 Å². The summed E-state index contributed by atoms with van der Waals surface area (Å²) in [4.78, 5) is 10.6. The van der Waals surface area contributed by atoms with Crippen LogP contribution in [-0.2, 0) is 5.41 Å². The Kier molecular flexibility index (Phi) is 8.93. The fourth-order valence-electron chi connectivity index (χ4n) is 11.6. The van der Waals surface area contributed by atoms with E-state index < -0.39 is 0 Å². The van der Waals surface area contributed by atoms with Gasteiger partial charge in [0.1, 0.15) is 0 Å². The summed E-state index contributed by atoms with van der Waals surface area (Å²) in [6.07, 6.45) is 0. The minimum absolute atomic E-state index is 0.0986. The molecule has 0 radical (unpaired) electrons. The van der Waals surface area contributed by atoms with Gasteiger partial charge in [-0.15, -0.1) is 0 Å². The highest BCUT2D eigenvalue weighted by Crippen LogP contribution is 2.59. The lowest BCUT2D eigenvalue weighted by Crippen LogP contribution is -2.16. The molecule has 0 unspecified atom stereocenters. The summed E-state index contributed by atoms with van der Waals surface area (Å²) in [5.74, 6) is 0.677. The Balaban J connectivity index is 0.868. The van der Waals surface area contributed by atoms with Gasteiger partial charge in [-0.1, -0.05) is 208 Å². The van der Waals surface area contributed by atoms with Crippen molar-refractivity contribution in [3.63, 3.8) is 0 Å². The first-order valence-corrected chi connectivity index (χ1v) is 24.2. The number of allylic oxidation sites excluding steroid dienone is 1. The number of aromatic nitrogens is 3. The molecule has 0 atom stereocenters. The zero-order chi connectivity index (χ0) is 46.5. The fourth-order valence-corrected chi connectivity index (χ4v) is 11.6. The molecule has 2 heterocycles.